The smallest absolute Gasteiger partial charge is 0.270 e. The molecule has 0 saturated heterocycles. The lowest BCUT2D eigenvalue weighted by molar-refractivity contribution is -0.384. The summed E-state index contributed by atoms with van der Waals surface area (Å²) in [6.07, 6.45) is 1.30. The summed E-state index contributed by atoms with van der Waals surface area (Å²) in [5, 5.41) is 24.7. The topological polar surface area (TPSA) is 120 Å². The highest BCUT2D eigenvalue weighted by atomic mass is 16.6. The van der Waals surface area contributed by atoms with E-state index in [0.717, 1.165) is 0 Å². The third kappa shape index (κ3) is 2.33. The summed E-state index contributed by atoms with van der Waals surface area (Å²) in [4.78, 5) is 14.4. The highest BCUT2D eigenvalue weighted by Gasteiger charge is 2.10. The molecule has 0 unspecified atom stereocenters. The summed E-state index contributed by atoms with van der Waals surface area (Å²) in [6, 6.07) is 10.9. The van der Waals surface area contributed by atoms with Crippen molar-refractivity contribution in [2.45, 2.75) is 0 Å². The van der Waals surface area contributed by atoms with Crippen LogP contribution in [0.5, 0.6) is 5.75 Å². The van der Waals surface area contributed by atoms with Gasteiger partial charge in [-0.1, -0.05) is 12.1 Å². The largest absolute Gasteiger partial charge is 0.507 e. The van der Waals surface area contributed by atoms with E-state index in [1.165, 1.54) is 29.1 Å². The van der Waals surface area contributed by atoms with E-state index >= 15 is 0 Å². The van der Waals surface area contributed by atoms with Gasteiger partial charge in [0.05, 0.1) is 22.2 Å². The van der Waals surface area contributed by atoms with Crippen molar-refractivity contribution in [3.63, 3.8) is 0 Å². The Balaban J connectivity index is 2.05. The van der Waals surface area contributed by atoms with Crippen LogP contribution in [0.25, 0.3) is 11.0 Å². The van der Waals surface area contributed by atoms with Gasteiger partial charge in [-0.3, -0.25) is 10.1 Å². The summed E-state index contributed by atoms with van der Waals surface area (Å²) >= 11 is 0. The highest BCUT2D eigenvalue weighted by Crippen LogP contribution is 2.22. The first-order valence-corrected chi connectivity index (χ1v) is 6.31. The molecular weight excluding hydrogens is 286 g/mol. The van der Waals surface area contributed by atoms with Gasteiger partial charge in [-0.05, 0) is 18.2 Å². The number of rotatable bonds is 3. The zero-order valence-corrected chi connectivity index (χ0v) is 11.2. The van der Waals surface area contributed by atoms with Gasteiger partial charge in [0.15, 0.2) is 0 Å². The third-order valence-corrected chi connectivity index (χ3v) is 3.10. The van der Waals surface area contributed by atoms with E-state index in [1.807, 2.05) is 12.1 Å². The fourth-order valence-electron chi connectivity index (χ4n) is 2.03. The first-order chi connectivity index (χ1) is 10.6. The number of anilines is 1. The number of hydrogen-bond donors (Lipinski definition) is 2. The zero-order chi connectivity index (χ0) is 15.7. The van der Waals surface area contributed by atoms with Gasteiger partial charge >= 0.3 is 0 Å². The van der Waals surface area contributed by atoms with Crippen LogP contribution in [-0.4, -0.2) is 25.9 Å². The summed E-state index contributed by atoms with van der Waals surface area (Å²) in [5.41, 5.74) is 7.26. The second-order valence-corrected chi connectivity index (χ2v) is 4.52. The molecular formula is C14H11N5O3. The van der Waals surface area contributed by atoms with E-state index in [2.05, 4.69) is 10.1 Å². The van der Waals surface area contributed by atoms with E-state index in [4.69, 9.17) is 5.73 Å². The second kappa shape index (κ2) is 5.17. The number of non-ortho nitro benzene ring substituents is 1. The number of phenols is 1. The quantitative estimate of drug-likeness (QED) is 0.436. The molecule has 3 rings (SSSR count). The van der Waals surface area contributed by atoms with Crippen molar-refractivity contribution in [2.75, 3.05) is 5.73 Å². The molecule has 1 aromatic heterocycles. The summed E-state index contributed by atoms with van der Waals surface area (Å²) in [7, 11) is 0. The van der Waals surface area contributed by atoms with E-state index in [9.17, 15) is 15.2 Å². The number of aromatic nitrogens is 2. The maximum atomic E-state index is 10.8. The van der Waals surface area contributed by atoms with Gasteiger partial charge < -0.3 is 10.8 Å². The Bertz CT molecular complexity index is 901. The van der Waals surface area contributed by atoms with Crippen LogP contribution in [0.2, 0.25) is 0 Å². The van der Waals surface area contributed by atoms with Gasteiger partial charge in [0.2, 0.25) is 5.95 Å². The fraction of sp³-hybridized carbons (Fsp3) is 0. The number of aromatic hydroxyl groups is 1. The number of fused-ring (bicyclic) bond motifs is 1. The highest BCUT2D eigenvalue weighted by molar-refractivity contribution is 5.86. The molecule has 0 saturated carbocycles. The van der Waals surface area contributed by atoms with Crippen LogP contribution < -0.4 is 5.73 Å². The van der Waals surface area contributed by atoms with Crippen LogP contribution >= 0.6 is 0 Å². The van der Waals surface area contributed by atoms with Gasteiger partial charge in [0.1, 0.15) is 5.75 Å². The minimum atomic E-state index is -0.544. The summed E-state index contributed by atoms with van der Waals surface area (Å²) in [6.45, 7) is 0. The van der Waals surface area contributed by atoms with Crippen molar-refractivity contribution in [1.29, 1.82) is 0 Å². The van der Waals surface area contributed by atoms with Crippen LogP contribution in [0.4, 0.5) is 11.6 Å². The number of nitro benzene ring substituents is 1. The predicted molar refractivity (Wildman–Crippen MR) is 81.9 cm³/mol. The molecule has 3 aromatic rings. The summed E-state index contributed by atoms with van der Waals surface area (Å²) in [5.74, 6) is 0.0692. The number of nitrogen functional groups attached to an aromatic ring is 1. The number of benzene rings is 2. The molecule has 0 amide bonds. The molecule has 0 aliphatic carbocycles. The molecule has 0 spiro atoms. The van der Waals surface area contributed by atoms with Gasteiger partial charge in [0.25, 0.3) is 5.69 Å². The van der Waals surface area contributed by atoms with E-state index in [0.29, 0.717) is 11.0 Å². The molecule has 0 radical (unpaired) electrons. The number of para-hydroxylation sites is 2. The molecule has 8 nitrogen and oxygen atoms in total. The van der Waals surface area contributed by atoms with Gasteiger partial charge in [-0.2, -0.15) is 9.78 Å². The van der Waals surface area contributed by atoms with E-state index in [1.54, 1.807) is 12.1 Å². The standard InChI is InChI=1S/C14H11N5O3/c15-14-17-11-3-1-2-4-12(11)18(14)16-8-9-7-10(19(21)22)5-6-13(9)20/h1-8,20H,(H2,15,17)/b16-8+. The van der Waals surface area contributed by atoms with Crippen molar-refractivity contribution in [1.82, 2.24) is 9.66 Å². The first-order valence-electron chi connectivity index (χ1n) is 6.31. The molecule has 8 heteroatoms. The Morgan fingerprint density at radius 3 is 2.86 bits per heavy atom. The van der Waals surface area contributed by atoms with Crippen LogP contribution in [0.1, 0.15) is 5.56 Å². The van der Waals surface area contributed by atoms with Crippen LogP contribution in [0.15, 0.2) is 47.6 Å². The van der Waals surface area contributed by atoms with E-state index < -0.39 is 4.92 Å². The van der Waals surface area contributed by atoms with Crippen molar-refractivity contribution >= 4 is 28.9 Å². The molecule has 110 valence electrons. The minimum absolute atomic E-state index is 0.114. The van der Waals surface area contributed by atoms with Crippen molar-refractivity contribution < 1.29 is 10.0 Å². The zero-order valence-electron chi connectivity index (χ0n) is 11.2. The van der Waals surface area contributed by atoms with Gasteiger partial charge in [-0.25, -0.2) is 4.98 Å². The van der Waals surface area contributed by atoms with Crippen LogP contribution in [0, 0.1) is 10.1 Å². The lowest BCUT2D eigenvalue weighted by atomic mass is 10.2. The minimum Gasteiger partial charge on any atom is -0.507 e. The second-order valence-electron chi connectivity index (χ2n) is 4.52. The monoisotopic (exact) mass is 297 g/mol. The van der Waals surface area contributed by atoms with Crippen molar-refractivity contribution in [3.8, 4) is 5.75 Å². The van der Waals surface area contributed by atoms with Crippen molar-refractivity contribution in [3.05, 3.63) is 58.1 Å². The van der Waals surface area contributed by atoms with E-state index in [-0.39, 0.29) is 22.9 Å². The number of hydrogen-bond acceptors (Lipinski definition) is 6. The average molecular weight is 297 g/mol. The lowest BCUT2D eigenvalue weighted by Gasteiger charge is -2.00. The molecule has 0 fully saturated rings. The molecule has 3 N–H and O–H groups in total. The Morgan fingerprint density at radius 2 is 2.09 bits per heavy atom. The van der Waals surface area contributed by atoms with Crippen LogP contribution in [-0.2, 0) is 0 Å². The normalized spacial score (nSPS) is 11.3. The number of imidazole rings is 1. The van der Waals surface area contributed by atoms with Crippen LogP contribution in [0.3, 0.4) is 0 Å². The summed E-state index contributed by atoms with van der Waals surface area (Å²) < 4.78 is 1.40. The third-order valence-electron chi connectivity index (χ3n) is 3.10. The molecule has 0 aliphatic rings. The number of nitrogens with two attached hydrogens (primary N) is 1. The van der Waals surface area contributed by atoms with Gasteiger partial charge in [0, 0.05) is 17.7 Å². The Hall–Kier alpha value is -3.42. The molecule has 0 atom stereocenters. The number of nitrogens with zero attached hydrogens (tertiary/aromatic N) is 4. The molecule has 2 aromatic carbocycles. The maximum absolute atomic E-state index is 10.8. The molecule has 22 heavy (non-hydrogen) atoms. The SMILES string of the molecule is Nc1nc2ccccc2n1/N=C/c1cc([N+](=O)[O-])ccc1O. The number of phenolic OH excluding ortho intramolecular Hbond substituents is 1. The number of nitro groups is 1. The fourth-order valence-corrected chi connectivity index (χ4v) is 2.03. The maximum Gasteiger partial charge on any atom is 0.270 e. The first kappa shape index (κ1) is 13.6. The molecule has 0 aliphatic heterocycles. The Labute approximate surface area is 124 Å². The lowest BCUT2D eigenvalue weighted by Crippen LogP contribution is -1.98. The molecule has 1 heterocycles. The average Bonchev–Trinajstić information content (AvgIpc) is 2.81. The Kier molecular flexibility index (Phi) is 3.18. The molecule has 0 bridgehead atoms. The Morgan fingerprint density at radius 1 is 1.32 bits per heavy atom. The van der Waals surface area contributed by atoms with Gasteiger partial charge in [-0.15, -0.1) is 0 Å². The predicted octanol–water partition coefficient (Wildman–Crippen LogP) is 2.11. The van der Waals surface area contributed by atoms with Crippen molar-refractivity contribution in [2.24, 2.45) is 5.10 Å².